The van der Waals surface area contributed by atoms with Crippen molar-refractivity contribution in [1.82, 2.24) is 39.0 Å². The molecule has 0 aliphatic rings. The molecule has 0 amide bonds. The molecule has 126 heavy (non-hydrogen) atoms. The van der Waals surface area contributed by atoms with Gasteiger partial charge in [-0.05, 0) is 160 Å². The fraction of sp³-hybridized carbons (Fsp3) is 0.0357. The quantitative estimate of drug-likeness (QED) is 0.0951. The first-order valence-electron chi connectivity index (χ1n) is 41.4. The van der Waals surface area contributed by atoms with Crippen LogP contribution in [0.3, 0.4) is 0 Å². The van der Waals surface area contributed by atoms with Crippen molar-refractivity contribution in [3.63, 3.8) is 0 Å². The molecule has 604 valence electrons. The van der Waals surface area contributed by atoms with Gasteiger partial charge in [0.05, 0.1) is 44.6 Å². The molecule has 0 spiro atoms. The second-order valence-electron chi connectivity index (χ2n) is 31.3. The molecule has 4 aromatic heterocycles. The van der Waals surface area contributed by atoms with Crippen LogP contribution in [0.15, 0.2) is 413 Å². The normalized spacial score (nSPS) is 11.7. The first-order chi connectivity index (χ1) is 61.5. The maximum Gasteiger partial charge on any atom is 0.416 e. The van der Waals surface area contributed by atoms with Crippen LogP contribution in [-0.2, 0) is 12.4 Å². The smallest absolute Gasteiger partial charge is 0.308 e. The van der Waals surface area contributed by atoms with E-state index in [-0.39, 0.29) is 0 Å². The lowest BCUT2D eigenvalue weighted by atomic mass is 9.91. The van der Waals surface area contributed by atoms with Crippen molar-refractivity contribution in [2.24, 2.45) is 0 Å². The number of para-hydroxylation sites is 1. The van der Waals surface area contributed by atoms with Crippen LogP contribution in [0.25, 0.3) is 201 Å². The highest BCUT2D eigenvalue weighted by molar-refractivity contribution is 6.14. The molecule has 0 fully saturated rings. The molecule has 14 heteroatoms. The van der Waals surface area contributed by atoms with Crippen LogP contribution in [0, 0.1) is 13.8 Å². The molecule has 0 saturated carbocycles. The number of aryl methyl sites for hydroxylation is 2. The summed E-state index contributed by atoms with van der Waals surface area (Å²) in [6, 6.07) is 133. The van der Waals surface area contributed by atoms with Gasteiger partial charge in [-0.15, -0.1) is 0 Å². The predicted octanol–water partition coefficient (Wildman–Crippen LogP) is 30.3. The van der Waals surface area contributed by atoms with Gasteiger partial charge in [0, 0.05) is 77.2 Å². The number of alkyl halides is 6. The van der Waals surface area contributed by atoms with E-state index in [1.165, 1.54) is 24.3 Å². The highest BCUT2D eigenvalue weighted by Crippen LogP contribution is 2.50. The first kappa shape index (κ1) is 78.5. The minimum absolute atomic E-state index is 0.388. The summed E-state index contributed by atoms with van der Waals surface area (Å²) >= 11 is 0. The highest BCUT2D eigenvalue weighted by atomic mass is 19.4. The van der Waals surface area contributed by atoms with Gasteiger partial charge in [0.15, 0.2) is 34.9 Å². The Balaban J connectivity index is 0.000000160. The molecule has 4 heterocycles. The Morgan fingerprint density at radius 1 is 0.183 bits per heavy atom. The van der Waals surface area contributed by atoms with E-state index in [4.69, 9.17) is 29.9 Å². The van der Waals surface area contributed by atoms with Crippen LogP contribution >= 0.6 is 0 Å². The van der Waals surface area contributed by atoms with E-state index in [1.54, 1.807) is 12.1 Å². The van der Waals surface area contributed by atoms with Gasteiger partial charge in [0.25, 0.3) is 0 Å². The zero-order valence-corrected chi connectivity index (χ0v) is 68.1. The first-order valence-corrected chi connectivity index (χ1v) is 41.4. The van der Waals surface area contributed by atoms with Crippen molar-refractivity contribution < 1.29 is 26.3 Å². The van der Waals surface area contributed by atoms with Crippen LogP contribution in [0.2, 0.25) is 0 Å². The number of hydrogen-bond acceptors (Lipinski definition) is 6. The number of halogens is 6. The van der Waals surface area contributed by atoms with Crippen LogP contribution in [0.4, 0.5) is 26.3 Å². The lowest BCUT2D eigenvalue weighted by Crippen LogP contribution is -2.06. The second kappa shape index (κ2) is 33.1. The zero-order chi connectivity index (χ0) is 85.6. The maximum absolute atomic E-state index is 14.7. The molecular formula is C112H74F6N8. The van der Waals surface area contributed by atoms with E-state index < -0.39 is 23.5 Å². The number of hydrogen-bond donors (Lipinski definition) is 0. The van der Waals surface area contributed by atoms with Gasteiger partial charge in [0.2, 0.25) is 0 Å². The summed E-state index contributed by atoms with van der Waals surface area (Å²) in [7, 11) is 0. The van der Waals surface area contributed by atoms with Crippen LogP contribution < -0.4 is 0 Å². The molecule has 0 aliphatic carbocycles. The average molecular weight is 1650 g/mol. The summed E-state index contributed by atoms with van der Waals surface area (Å²) in [4.78, 5) is 30.2. The van der Waals surface area contributed by atoms with Gasteiger partial charge in [0.1, 0.15) is 0 Å². The van der Waals surface area contributed by atoms with Crippen molar-refractivity contribution in [3.8, 4) is 158 Å². The van der Waals surface area contributed by atoms with Gasteiger partial charge in [-0.2, -0.15) is 26.3 Å². The van der Waals surface area contributed by atoms with Crippen molar-refractivity contribution in [2.45, 2.75) is 26.2 Å². The molecule has 0 N–H and O–H groups in total. The Bertz CT molecular complexity index is 7460. The molecule has 21 aromatic rings. The number of benzene rings is 17. The number of rotatable bonds is 15. The molecular weight excluding hydrogens is 1570 g/mol. The third-order valence-corrected chi connectivity index (χ3v) is 23.0. The fourth-order valence-corrected chi connectivity index (χ4v) is 17.0. The molecule has 0 unspecified atom stereocenters. The number of fused-ring (bicyclic) bond motifs is 6. The van der Waals surface area contributed by atoms with Crippen LogP contribution in [0.1, 0.15) is 22.3 Å². The van der Waals surface area contributed by atoms with Crippen LogP contribution in [0.5, 0.6) is 0 Å². The molecule has 0 bridgehead atoms. The summed E-state index contributed by atoms with van der Waals surface area (Å²) in [5.41, 5.74) is 22.0. The average Bonchev–Trinajstić information content (AvgIpc) is 1.55. The van der Waals surface area contributed by atoms with E-state index in [0.717, 1.165) is 156 Å². The lowest BCUT2D eigenvalue weighted by molar-refractivity contribution is -0.138. The standard InChI is InChI=1S/C59H39F3N4.C53H35F3N4/c1-38-16-14-25-45(32-38)49-36-47(58-64-56(41-21-10-4-11-22-41)63-57(65-58)42-23-12-5-13-24-42)37-50(46-26-15-27-48(33-46)59(60,61)62)55(49)66-53-30-28-43(39-17-6-2-7-18-39)34-51(53)52-35-44(29-31-54(52)66)40-19-8-3-9-20-40;1-34-15-13-22-39(29-34)44-32-41(52-58-50(36-18-7-3-8-19-36)57-51(59-52)37-20-9-4-10-21-37)33-45(40-23-14-24-42(30-40)53(54,55)56)49(44)60-47-26-12-11-25-43(47)46-31-38(27-28-48(46)60)35-16-5-2-6-17-35/h2-37H,1H3;2-33H,1H3. The summed E-state index contributed by atoms with van der Waals surface area (Å²) in [6.07, 6.45) is -9.14. The van der Waals surface area contributed by atoms with Gasteiger partial charge >= 0.3 is 12.4 Å². The Hall–Kier alpha value is -16.1. The monoisotopic (exact) mass is 1640 g/mol. The summed E-state index contributed by atoms with van der Waals surface area (Å²) in [6.45, 7) is 4.08. The Labute approximate surface area is 723 Å². The SMILES string of the molecule is Cc1cccc(-c2cc(-c3nc(-c4ccccc4)nc(-c4ccccc4)n3)cc(-c3cccc(C(F)(F)F)c3)c2-n2c3ccc(-c4ccccc4)cc3c3cc(-c4ccccc4)ccc32)c1.Cc1cccc(-c2cc(-c3nc(-c4ccccc4)nc(-c4ccccc4)n3)cc(-c3cccc(C(F)(F)F)c3)c2-n2c3ccccc3c3cc(-c4ccccc4)ccc32)c1. The summed E-state index contributed by atoms with van der Waals surface area (Å²) < 4.78 is 92.3. The van der Waals surface area contributed by atoms with Crippen LogP contribution in [-0.4, -0.2) is 39.0 Å². The van der Waals surface area contributed by atoms with E-state index in [1.807, 2.05) is 244 Å². The van der Waals surface area contributed by atoms with Gasteiger partial charge in [-0.25, -0.2) is 29.9 Å². The van der Waals surface area contributed by atoms with Crippen molar-refractivity contribution >= 4 is 43.6 Å². The van der Waals surface area contributed by atoms with Gasteiger partial charge in [-0.3, -0.25) is 0 Å². The molecule has 0 atom stereocenters. The third-order valence-electron chi connectivity index (χ3n) is 23.0. The van der Waals surface area contributed by atoms with Crippen molar-refractivity contribution in [3.05, 3.63) is 435 Å². The topological polar surface area (TPSA) is 87.2 Å². The van der Waals surface area contributed by atoms with E-state index in [9.17, 15) is 26.3 Å². The summed E-state index contributed by atoms with van der Waals surface area (Å²) in [5.74, 6) is 2.71. The largest absolute Gasteiger partial charge is 0.416 e. The fourth-order valence-electron chi connectivity index (χ4n) is 17.0. The zero-order valence-electron chi connectivity index (χ0n) is 68.1. The second-order valence-corrected chi connectivity index (χ2v) is 31.3. The highest BCUT2D eigenvalue weighted by Gasteiger charge is 2.34. The van der Waals surface area contributed by atoms with Crippen molar-refractivity contribution in [2.75, 3.05) is 0 Å². The molecule has 17 aromatic carbocycles. The van der Waals surface area contributed by atoms with Crippen molar-refractivity contribution in [1.29, 1.82) is 0 Å². The molecule has 0 saturated heterocycles. The minimum atomic E-state index is -4.58. The third kappa shape index (κ3) is 15.5. The maximum atomic E-state index is 14.7. The molecule has 21 rings (SSSR count). The number of nitrogens with zero attached hydrogens (tertiary/aromatic N) is 8. The molecule has 0 radical (unpaired) electrons. The van der Waals surface area contributed by atoms with Gasteiger partial charge < -0.3 is 9.13 Å². The Morgan fingerprint density at radius 3 is 0.714 bits per heavy atom. The van der Waals surface area contributed by atoms with E-state index in [0.29, 0.717) is 68.3 Å². The number of aromatic nitrogens is 8. The lowest BCUT2D eigenvalue weighted by Gasteiger charge is -2.22. The molecule has 0 aliphatic heterocycles. The summed E-state index contributed by atoms with van der Waals surface area (Å²) in [5, 5.41) is 4.07. The Kier molecular flexibility index (Phi) is 20.6. The Morgan fingerprint density at radius 2 is 0.421 bits per heavy atom. The van der Waals surface area contributed by atoms with Gasteiger partial charge in [-0.1, -0.05) is 333 Å². The predicted molar refractivity (Wildman–Crippen MR) is 498 cm³/mol. The van der Waals surface area contributed by atoms with E-state index >= 15 is 0 Å². The minimum Gasteiger partial charge on any atom is -0.308 e. The van der Waals surface area contributed by atoms with E-state index in [2.05, 4.69) is 143 Å². The molecule has 8 nitrogen and oxygen atoms in total.